The van der Waals surface area contributed by atoms with Gasteiger partial charge in [-0.2, -0.15) is 5.21 Å². The second kappa shape index (κ2) is 5.87. The summed E-state index contributed by atoms with van der Waals surface area (Å²) in [6, 6.07) is 8.13. The second-order valence-electron chi connectivity index (χ2n) is 6.38. The molecular weight excluding hydrogens is 278 g/mol. The lowest BCUT2D eigenvalue weighted by atomic mass is 9.81. The molecule has 0 bridgehead atoms. The zero-order valence-corrected chi connectivity index (χ0v) is 13.0. The monoisotopic (exact) mass is 299 g/mol. The van der Waals surface area contributed by atoms with Gasteiger partial charge in [0.2, 0.25) is 5.91 Å². The Labute approximate surface area is 129 Å². The number of hydrogen-bond donors (Lipinski definition) is 1. The Hall–Kier alpha value is -2.24. The number of nitrogens with one attached hydrogen (secondary N) is 1. The van der Waals surface area contributed by atoms with E-state index in [4.69, 9.17) is 0 Å². The maximum atomic E-state index is 12.6. The standard InChI is InChI=1S/C16H21N5O/c1-12-4-6-13(7-5-12)10-14(22)21-9-3-8-16(2,11-21)15-17-19-20-18-15/h4-7H,3,8-11H2,1-2H3,(H,17,18,19,20). The molecule has 1 amide bonds. The average molecular weight is 299 g/mol. The Morgan fingerprint density at radius 3 is 2.82 bits per heavy atom. The number of hydrogen-bond acceptors (Lipinski definition) is 4. The minimum atomic E-state index is -0.214. The average Bonchev–Trinajstić information content (AvgIpc) is 3.05. The van der Waals surface area contributed by atoms with Gasteiger partial charge in [-0.1, -0.05) is 42.0 Å². The molecule has 1 N–H and O–H groups in total. The predicted molar refractivity (Wildman–Crippen MR) is 82.2 cm³/mol. The van der Waals surface area contributed by atoms with E-state index in [0.29, 0.717) is 18.8 Å². The highest BCUT2D eigenvalue weighted by Gasteiger charge is 2.37. The molecule has 1 saturated heterocycles. The first-order valence-electron chi connectivity index (χ1n) is 7.64. The zero-order valence-electron chi connectivity index (χ0n) is 13.0. The van der Waals surface area contributed by atoms with Crippen molar-refractivity contribution in [2.24, 2.45) is 0 Å². The van der Waals surface area contributed by atoms with Crippen LogP contribution in [0.1, 0.15) is 36.7 Å². The van der Waals surface area contributed by atoms with Gasteiger partial charge in [-0.3, -0.25) is 4.79 Å². The normalized spacial score (nSPS) is 21.8. The maximum Gasteiger partial charge on any atom is 0.227 e. The van der Waals surface area contributed by atoms with Crippen LogP contribution in [0.4, 0.5) is 0 Å². The predicted octanol–water partition coefficient (Wildman–Crippen LogP) is 1.63. The third-order valence-corrected chi connectivity index (χ3v) is 4.41. The maximum absolute atomic E-state index is 12.6. The van der Waals surface area contributed by atoms with E-state index in [0.717, 1.165) is 24.9 Å². The van der Waals surface area contributed by atoms with E-state index in [-0.39, 0.29) is 11.3 Å². The third-order valence-electron chi connectivity index (χ3n) is 4.41. The van der Waals surface area contributed by atoms with E-state index < -0.39 is 0 Å². The number of aryl methyl sites for hydroxylation is 1. The van der Waals surface area contributed by atoms with Gasteiger partial charge in [0.05, 0.1) is 6.42 Å². The van der Waals surface area contributed by atoms with Gasteiger partial charge in [0.1, 0.15) is 0 Å². The molecule has 2 heterocycles. The number of carbonyl (C=O) groups is 1. The molecule has 0 radical (unpaired) electrons. The van der Waals surface area contributed by atoms with E-state index >= 15 is 0 Å². The molecule has 0 saturated carbocycles. The van der Waals surface area contributed by atoms with Crippen molar-refractivity contribution >= 4 is 5.91 Å². The number of aromatic nitrogens is 4. The molecule has 1 atom stereocenters. The summed E-state index contributed by atoms with van der Waals surface area (Å²) < 4.78 is 0. The van der Waals surface area contributed by atoms with Crippen molar-refractivity contribution in [2.75, 3.05) is 13.1 Å². The summed E-state index contributed by atoms with van der Waals surface area (Å²) in [6.45, 7) is 5.60. The summed E-state index contributed by atoms with van der Waals surface area (Å²) in [5.74, 6) is 0.860. The number of H-pyrrole nitrogens is 1. The number of rotatable bonds is 3. The first-order valence-corrected chi connectivity index (χ1v) is 7.64. The lowest BCUT2D eigenvalue weighted by Crippen LogP contribution is -2.48. The van der Waals surface area contributed by atoms with Crippen molar-refractivity contribution in [3.05, 3.63) is 41.2 Å². The number of likely N-dealkylation sites (tertiary alicyclic amines) is 1. The lowest BCUT2D eigenvalue weighted by Gasteiger charge is -2.38. The highest BCUT2D eigenvalue weighted by molar-refractivity contribution is 5.79. The molecule has 1 aliphatic heterocycles. The lowest BCUT2D eigenvalue weighted by molar-refractivity contribution is -0.132. The summed E-state index contributed by atoms with van der Waals surface area (Å²) in [4.78, 5) is 14.5. The summed E-state index contributed by atoms with van der Waals surface area (Å²) in [6.07, 6.45) is 2.38. The molecule has 2 aromatic rings. The van der Waals surface area contributed by atoms with Crippen LogP contribution in [0, 0.1) is 6.92 Å². The number of benzene rings is 1. The van der Waals surface area contributed by atoms with Gasteiger partial charge in [0.15, 0.2) is 5.82 Å². The van der Waals surface area contributed by atoms with E-state index in [1.807, 2.05) is 36.1 Å². The largest absolute Gasteiger partial charge is 0.341 e. The number of aromatic amines is 1. The van der Waals surface area contributed by atoms with Crippen molar-refractivity contribution in [3.8, 4) is 0 Å². The highest BCUT2D eigenvalue weighted by Crippen LogP contribution is 2.31. The van der Waals surface area contributed by atoms with Crippen molar-refractivity contribution in [2.45, 2.75) is 38.5 Å². The number of piperidine rings is 1. The molecule has 6 heteroatoms. The fourth-order valence-electron chi connectivity index (χ4n) is 3.04. The van der Waals surface area contributed by atoms with Crippen LogP contribution in [0.5, 0.6) is 0 Å². The van der Waals surface area contributed by atoms with E-state index in [9.17, 15) is 4.79 Å². The van der Waals surface area contributed by atoms with Crippen LogP contribution in [0.25, 0.3) is 0 Å². The van der Waals surface area contributed by atoms with Gasteiger partial charge in [0.25, 0.3) is 0 Å². The summed E-state index contributed by atoms with van der Waals surface area (Å²) >= 11 is 0. The Morgan fingerprint density at radius 2 is 2.14 bits per heavy atom. The fourth-order valence-corrected chi connectivity index (χ4v) is 3.04. The van der Waals surface area contributed by atoms with E-state index in [1.165, 1.54) is 5.56 Å². The SMILES string of the molecule is Cc1ccc(CC(=O)N2CCCC(C)(c3nn[nH]n3)C2)cc1. The third kappa shape index (κ3) is 3.00. The van der Waals surface area contributed by atoms with Crippen LogP contribution in [-0.4, -0.2) is 44.5 Å². The van der Waals surface area contributed by atoms with Crippen molar-refractivity contribution in [3.63, 3.8) is 0 Å². The van der Waals surface area contributed by atoms with Crippen molar-refractivity contribution in [1.29, 1.82) is 0 Å². The number of amides is 1. The van der Waals surface area contributed by atoms with Gasteiger partial charge in [0, 0.05) is 18.5 Å². The molecule has 1 fully saturated rings. The Bertz CT molecular complexity index is 637. The first-order chi connectivity index (χ1) is 10.6. The molecule has 0 spiro atoms. The van der Waals surface area contributed by atoms with Crippen LogP contribution in [0.3, 0.4) is 0 Å². The molecule has 1 unspecified atom stereocenters. The number of carbonyl (C=O) groups excluding carboxylic acids is 1. The van der Waals surface area contributed by atoms with Crippen molar-refractivity contribution in [1.82, 2.24) is 25.5 Å². The number of nitrogens with zero attached hydrogens (tertiary/aromatic N) is 4. The molecular formula is C16H21N5O. The van der Waals surface area contributed by atoms with E-state index in [2.05, 4.69) is 27.5 Å². The Morgan fingerprint density at radius 1 is 1.36 bits per heavy atom. The summed E-state index contributed by atoms with van der Waals surface area (Å²) in [5.41, 5.74) is 2.05. The molecule has 3 rings (SSSR count). The van der Waals surface area contributed by atoms with E-state index in [1.54, 1.807) is 0 Å². The van der Waals surface area contributed by atoms with Crippen LogP contribution in [0.15, 0.2) is 24.3 Å². The van der Waals surface area contributed by atoms with Crippen molar-refractivity contribution < 1.29 is 4.79 Å². The zero-order chi connectivity index (χ0) is 15.6. The molecule has 0 aliphatic carbocycles. The summed E-state index contributed by atoms with van der Waals surface area (Å²) in [5, 5.41) is 14.4. The van der Waals surface area contributed by atoms with Gasteiger partial charge in [-0.05, 0) is 25.3 Å². The molecule has 116 valence electrons. The minimum absolute atomic E-state index is 0.165. The molecule has 1 aliphatic rings. The first kappa shape index (κ1) is 14.7. The molecule has 6 nitrogen and oxygen atoms in total. The van der Waals surface area contributed by atoms with Crippen LogP contribution in [-0.2, 0) is 16.6 Å². The molecule has 1 aromatic carbocycles. The van der Waals surface area contributed by atoms with Gasteiger partial charge >= 0.3 is 0 Å². The van der Waals surface area contributed by atoms with Gasteiger partial charge < -0.3 is 4.90 Å². The summed E-state index contributed by atoms with van der Waals surface area (Å²) in [7, 11) is 0. The topological polar surface area (TPSA) is 74.8 Å². The van der Waals surface area contributed by atoms with Crippen LogP contribution >= 0.6 is 0 Å². The minimum Gasteiger partial charge on any atom is -0.341 e. The smallest absolute Gasteiger partial charge is 0.227 e. The second-order valence-corrected chi connectivity index (χ2v) is 6.38. The molecule has 22 heavy (non-hydrogen) atoms. The van der Waals surface area contributed by atoms with Crippen LogP contribution < -0.4 is 0 Å². The fraction of sp³-hybridized carbons (Fsp3) is 0.500. The highest BCUT2D eigenvalue weighted by atomic mass is 16.2. The number of tetrazole rings is 1. The molecule has 1 aromatic heterocycles. The van der Waals surface area contributed by atoms with Crippen LogP contribution in [0.2, 0.25) is 0 Å². The van der Waals surface area contributed by atoms with Gasteiger partial charge in [-0.15, -0.1) is 10.2 Å². The quantitative estimate of drug-likeness (QED) is 0.934. The Balaban J connectivity index is 1.69. The Kier molecular flexibility index (Phi) is 3.92. The van der Waals surface area contributed by atoms with Gasteiger partial charge in [-0.25, -0.2) is 0 Å².